The predicted molar refractivity (Wildman–Crippen MR) is 166 cm³/mol. The molecule has 0 amide bonds. The number of benzene rings is 3. The van der Waals surface area contributed by atoms with Gasteiger partial charge in [0, 0.05) is 21.9 Å². The summed E-state index contributed by atoms with van der Waals surface area (Å²) in [5.74, 6) is -0.601. The number of halogens is 3. The lowest BCUT2D eigenvalue weighted by Gasteiger charge is -2.23. The summed E-state index contributed by atoms with van der Waals surface area (Å²) < 4.78 is 6.85. The Hall–Kier alpha value is -3.10. The van der Waals surface area contributed by atoms with Crippen LogP contribution in [-0.2, 0) is 16.6 Å². The number of aromatic carboxylic acids is 1. The Bertz CT molecular complexity index is 1690. The molecule has 6 nitrogen and oxygen atoms in total. The first-order valence-corrected chi connectivity index (χ1v) is 14.9. The van der Waals surface area contributed by atoms with Gasteiger partial charge in [0.05, 0.1) is 42.1 Å². The van der Waals surface area contributed by atoms with Gasteiger partial charge in [-0.2, -0.15) is 0 Å². The summed E-state index contributed by atoms with van der Waals surface area (Å²) in [6, 6.07) is 15.5. The number of ether oxygens (including phenoxy) is 1. The van der Waals surface area contributed by atoms with E-state index in [4.69, 9.17) is 50.3 Å². The van der Waals surface area contributed by atoms with Crippen LogP contribution in [0.3, 0.4) is 0 Å². The van der Waals surface area contributed by atoms with Crippen LogP contribution in [0, 0.1) is 5.92 Å². The highest BCUT2D eigenvalue weighted by atomic mass is 35.5. The van der Waals surface area contributed by atoms with Gasteiger partial charge in [0.2, 0.25) is 0 Å². The largest absolute Gasteiger partial charge is 0.489 e. The Morgan fingerprint density at radius 2 is 1.76 bits per heavy atom. The molecule has 0 unspecified atom stereocenters. The summed E-state index contributed by atoms with van der Waals surface area (Å²) in [5, 5.41) is 11.4. The Kier molecular flexibility index (Phi) is 8.35. The van der Waals surface area contributed by atoms with E-state index < -0.39 is 5.97 Å². The van der Waals surface area contributed by atoms with Gasteiger partial charge in [0.15, 0.2) is 5.78 Å². The van der Waals surface area contributed by atoms with Crippen LogP contribution >= 0.6 is 46.1 Å². The van der Waals surface area contributed by atoms with E-state index in [1.165, 1.54) is 11.3 Å². The molecule has 10 heteroatoms. The second kappa shape index (κ2) is 11.6. The van der Waals surface area contributed by atoms with Crippen molar-refractivity contribution in [1.82, 2.24) is 4.98 Å². The second-order valence-electron chi connectivity index (χ2n) is 10.7. The van der Waals surface area contributed by atoms with Gasteiger partial charge >= 0.3 is 5.97 Å². The molecule has 0 spiro atoms. The summed E-state index contributed by atoms with van der Waals surface area (Å²) in [4.78, 5) is 29.2. The van der Waals surface area contributed by atoms with E-state index in [1.807, 2.05) is 12.1 Å². The normalized spacial score (nSPS) is 14.2. The van der Waals surface area contributed by atoms with E-state index in [0.717, 1.165) is 33.6 Å². The molecule has 4 aromatic rings. The Morgan fingerprint density at radius 3 is 2.39 bits per heavy atom. The molecular weight excluding hydrogens is 603 g/mol. The molecule has 1 heterocycles. The highest BCUT2D eigenvalue weighted by molar-refractivity contribution is 7.18. The van der Waals surface area contributed by atoms with E-state index >= 15 is 0 Å². The predicted octanol–water partition coefficient (Wildman–Crippen LogP) is 8.20. The van der Waals surface area contributed by atoms with Crippen molar-refractivity contribution in [3.05, 3.63) is 96.9 Å². The van der Waals surface area contributed by atoms with E-state index in [9.17, 15) is 14.7 Å². The number of carboxylic acids is 1. The quantitative estimate of drug-likeness (QED) is 0.171. The summed E-state index contributed by atoms with van der Waals surface area (Å²) in [5.41, 5.74) is 8.97. The number of carbonyl (C=O) groups is 2. The van der Waals surface area contributed by atoms with Crippen molar-refractivity contribution in [3.8, 4) is 5.75 Å². The fourth-order valence-electron chi connectivity index (χ4n) is 4.60. The molecule has 1 aliphatic carbocycles. The number of hydrogen-bond donors (Lipinski definition) is 2. The SMILES string of the molecule is CC(C)(Cc1ccc(OCC(C(=O)C2CC2)=C(N)c2c(Cl)cccc2Cl)cc1Cl)c1nc2ccc(C(=O)O)cc2s1. The molecule has 0 bridgehead atoms. The molecule has 1 saturated carbocycles. The molecule has 0 saturated heterocycles. The number of carbonyl (C=O) groups excluding carboxylic acids is 1. The van der Waals surface area contributed by atoms with E-state index in [2.05, 4.69) is 13.8 Å². The third kappa shape index (κ3) is 6.38. The number of aromatic nitrogens is 1. The van der Waals surface area contributed by atoms with Crippen molar-refractivity contribution in [2.75, 3.05) is 6.61 Å². The molecule has 1 aliphatic rings. The average Bonchev–Trinajstić information content (AvgIpc) is 3.67. The van der Waals surface area contributed by atoms with Gasteiger partial charge in [0.25, 0.3) is 0 Å². The van der Waals surface area contributed by atoms with Gasteiger partial charge in [-0.3, -0.25) is 4.79 Å². The number of rotatable bonds is 10. The number of hydrogen-bond acceptors (Lipinski definition) is 6. The van der Waals surface area contributed by atoms with Crippen LogP contribution < -0.4 is 10.5 Å². The van der Waals surface area contributed by atoms with Gasteiger partial charge in [-0.25, -0.2) is 9.78 Å². The topological polar surface area (TPSA) is 103 Å². The zero-order valence-electron chi connectivity index (χ0n) is 22.3. The summed E-state index contributed by atoms with van der Waals surface area (Å²) in [7, 11) is 0. The van der Waals surface area contributed by atoms with Crippen LogP contribution in [0.2, 0.25) is 15.1 Å². The molecule has 0 atom stereocenters. The minimum Gasteiger partial charge on any atom is -0.489 e. The number of fused-ring (bicyclic) bond motifs is 1. The highest BCUT2D eigenvalue weighted by Gasteiger charge is 2.34. The smallest absolute Gasteiger partial charge is 0.335 e. The van der Waals surface area contributed by atoms with Gasteiger partial charge in [-0.15, -0.1) is 11.3 Å². The van der Waals surface area contributed by atoms with E-state index in [1.54, 1.807) is 42.5 Å². The van der Waals surface area contributed by atoms with Crippen LogP contribution in [0.4, 0.5) is 0 Å². The molecular formula is C31H27Cl3N2O4S. The Morgan fingerprint density at radius 1 is 1.05 bits per heavy atom. The standard InChI is InChI=1S/C31H27Cl3N2O4S/c1-31(2,30-36-24-11-9-17(29(38)39)12-25(24)41-30)14-18-8-10-19(13-23(18)34)40-15-20(28(37)16-6-7-16)27(35)26-21(32)4-3-5-22(26)33/h3-5,8-13,16H,6-7,14-15,35H2,1-2H3,(H,38,39). The van der Waals surface area contributed by atoms with Crippen molar-refractivity contribution in [1.29, 1.82) is 0 Å². The minimum absolute atomic E-state index is 0.0477. The molecule has 0 aliphatic heterocycles. The lowest BCUT2D eigenvalue weighted by atomic mass is 9.86. The van der Waals surface area contributed by atoms with Crippen LogP contribution in [0.1, 0.15) is 53.2 Å². The van der Waals surface area contributed by atoms with Gasteiger partial charge in [-0.1, -0.05) is 60.8 Å². The molecule has 5 rings (SSSR count). The Labute approximate surface area is 256 Å². The zero-order valence-corrected chi connectivity index (χ0v) is 25.4. The first kappa shape index (κ1) is 29.4. The number of ketones is 1. The Balaban J connectivity index is 1.35. The maximum absolute atomic E-state index is 13.1. The lowest BCUT2D eigenvalue weighted by molar-refractivity contribution is -0.116. The maximum atomic E-state index is 13.1. The third-order valence-corrected chi connectivity index (χ3v) is 9.42. The molecule has 3 aromatic carbocycles. The summed E-state index contributed by atoms with van der Waals surface area (Å²) in [6.45, 7) is 4.10. The lowest BCUT2D eigenvalue weighted by Crippen LogP contribution is -2.20. The van der Waals surface area contributed by atoms with Gasteiger partial charge < -0.3 is 15.6 Å². The van der Waals surface area contributed by atoms with Gasteiger partial charge in [-0.05, 0) is 67.3 Å². The minimum atomic E-state index is -0.968. The number of carboxylic acid groups (broad SMARTS) is 1. The van der Waals surface area contributed by atoms with Crippen molar-refractivity contribution in [2.24, 2.45) is 11.7 Å². The molecule has 1 fully saturated rings. The molecule has 3 N–H and O–H groups in total. The number of nitrogens with zero attached hydrogens (tertiary/aromatic N) is 1. The van der Waals surface area contributed by atoms with Crippen molar-refractivity contribution in [2.45, 2.75) is 38.5 Å². The molecule has 41 heavy (non-hydrogen) atoms. The number of nitrogens with two attached hydrogens (primary N) is 1. The first-order chi connectivity index (χ1) is 19.4. The monoisotopic (exact) mass is 628 g/mol. The number of Topliss-reactive ketones (excluding diaryl/α,β-unsaturated/α-hetero) is 1. The second-order valence-corrected chi connectivity index (χ2v) is 13.0. The van der Waals surface area contributed by atoms with Crippen molar-refractivity contribution in [3.63, 3.8) is 0 Å². The maximum Gasteiger partial charge on any atom is 0.335 e. The number of thiazole rings is 1. The molecule has 1 aromatic heterocycles. The van der Waals surface area contributed by atoms with Crippen LogP contribution in [0.15, 0.2) is 60.2 Å². The first-order valence-electron chi connectivity index (χ1n) is 13.0. The van der Waals surface area contributed by atoms with Crippen LogP contribution in [0.5, 0.6) is 5.75 Å². The summed E-state index contributed by atoms with van der Waals surface area (Å²) in [6.07, 6.45) is 2.23. The van der Waals surface area contributed by atoms with Crippen LogP contribution in [-0.4, -0.2) is 28.4 Å². The summed E-state index contributed by atoms with van der Waals surface area (Å²) >= 11 is 20.9. The fraction of sp³-hybridized carbons (Fsp3) is 0.258. The third-order valence-electron chi connectivity index (χ3n) is 7.06. The highest BCUT2D eigenvalue weighted by Crippen LogP contribution is 2.38. The van der Waals surface area contributed by atoms with Gasteiger partial charge in [0.1, 0.15) is 12.4 Å². The van der Waals surface area contributed by atoms with Crippen molar-refractivity contribution < 1.29 is 19.4 Å². The molecule has 0 radical (unpaired) electrons. The average molecular weight is 630 g/mol. The fourth-order valence-corrected chi connectivity index (χ4v) is 6.54. The van der Waals surface area contributed by atoms with Crippen LogP contribution in [0.25, 0.3) is 15.9 Å². The zero-order chi connectivity index (χ0) is 29.5. The van der Waals surface area contributed by atoms with E-state index in [0.29, 0.717) is 38.4 Å². The van der Waals surface area contributed by atoms with Crippen molar-refractivity contribution >= 4 is 73.8 Å². The van der Waals surface area contributed by atoms with E-state index in [-0.39, 0.29) is 35.0 Å². The molecule has 212 valence electrons.